The highest BCUT2D eigenvalue weighted by Gasteiger charge is 2.32. The van der Waals surface area contributed by atoms with Crippen LogP contribution in [-0.2, 0) is 19.6 Å². The van der Waals surface area contributed by atoms with Crippen molar-refractivity contribution >= 4 is 21.7 Å². The molecule has 0 spiro atoms. The lowest BCUT2D eigenvalue weighted by molar-refractivity contribution is -0.132. The van der Waals surface area contributed by atoms with Gasteiger partial charge < -0.3 is 4.74 Å². The van der Waals surface area contributed by atoms with Gasteiger partial charge in [0, 0.05) is 5.56 Å². The number of fused-ring (bicyclic) bond motifs is 1. The van der Waals surface area contributed by atoms with E-state index in [2.05, 4.69) is 9.13 Å². The van der Waals surface area contributed by atoms with Crippen LogP contribution in [0.5, 0.6) is 0 Å². The molecule has 0 fully saturated rings. The van der Waals surface area contributed by atoms with E-state index in [-0.39, 0.29) is 10.6 Å². The van der Waals surface area contributed by atoms with Crippen molar-refractivity contribution in [2.75, 3.05) is 7.11 Å². The summed E-state index contributed by atoms with van der Waals surface area (Å²) < 4.78 is 30.8. The maximum atomic E-state index is 11.5. The van der Waals surface area contributed by atoms with Crippen LogP contribution in [0.4, 0.5) is 0 Å². The number of carbonyl (C=O) groups excluding carboxylic acids is 1. The number of rotatable bonds is 1. The summed E-state index contributed by atoms with van der Waals surface area (Å²) in [4.78, 5) is 11.3. The fourth-order valence-electron chi connectivity index (χ4n) is 1.35. The number of benzene rings is 1. The molecule has 6 heteroatoms. The molecule has 0 amide bonds. The van der Waals surface area contributed by atoms with Crippen molar-refractivity contribution < 1.29 is 17.9 Å². The second kappa shape index (κ2) is 3.16. The van der Waals surface area contributed by atoms with E-state index in [0.29, 0.717) is 5.56 Å². The zero-order valence-electron chi connectivity index (χ0n) is 7.80. The average molecular weight is 225 g/mol. The highest BCUT2D eigenvalue weighted by Crippen LogP contribution is 2.26. The van der Waals surface area contributed by atoms with Gasteiger partial charge in [-0.1, -0.05) is 18.2 Å². The van der Waals surface area contributed by atoms with Crippen molar-refractivity contribution in [2.45, 2.75) is 4.90 Å². The molecule has 1 aromatic carbocycles. The predicted molar refractivity (Wildman–Crippen MR) is 52.2 cm³/mol. The van der Waals surface area contributed by atoms with Crippen molar-refractivity contribution in [2.24, 2.45) is 4.40 Å². The number of sulfonamides is 1. The Morgan fingerprint density at radius 3 is 2.67 bits per heavy atom. The normalized spacial score (nSPS) is 16.7. The quantitative estimate of drug-likeness (QED) is 0.646. The van der Waals surface area contributed by atoms with Crippen LogP contribution < -0.4 is 0 Å². The molecule has 0 bridgehead atoms. The summed E-state index contributed by atoms with van der Waals surface area (Å²) in [6.07, 6.45) is 0. The fourth-order valence-corrected chi connectivity index (χ4v) is 2.55. The van der Waals surface area contributed by atoms with Crippen molar-refractivity contribution in [1.29, 1.82) is 0 Å². The zero-order chi connectivity index (χ0) is 11.1. The first-order valence-corrected chi connectivity index (χ1v) is 5.53. The van der Waals surface area contributed by atoms with Gasteiger partial charge in [-0.2, -0.15) is 12.8 Å². The highest BCUT2D eigenvalue weighted by atomic mass is 32.2. The molecule has 2 rings (SSSR count). The molecule has 1 aromatic rings. The van der Waals surface area contributed by atoms with Gasteiger partial charge in [-0.25, -0.2) is 4.79 Å². The van der Waals surface area contributed by atoms with Crippen LogP contribution in [-0.4, -0.2) is 27.2 Å². The number of nitrogens with zero attached hydrogens (tertiary/aromatic N) is 1. The molecule has 0 radical (unpaired) electrons. The minimum Gasteiger partial charge on any atom is -0.464 e. The predicted octanol–water partition coefficient (Wildman–Crippen LogP) is 0.351. The van der Waals surface area contributed by atoms with Gasteiger partial charge in [-0.15, -0.1) is 0 Å². The maximum Gasteiger partial charge on any atom is 0.358 e. The lowest BCUT2D eigenvalue weighted by Gasteiger charge is -1.98. The molecule has 1 aliphatic heterocycles. The minimum atomic E-state index is -3.72. The van der Waals surface area contributed by atoms with E-state index in [0.717, 1.165) is 0 Å². The van der Waals surface area contributed by atoms with E-state index in [4.69, 9.17) is 0 Å². The third kappa shape index (κ3) is 1.42. The van der Waals surface area contributed by atoms with Gasteiger partial charge in [0.15, 0.2) is 5.71 Å². The van der Waals surface area contributed by atoms with Crippen molar-refractivity contribution in [1.82, 2.24) is 0 Å². The molecule has 0 N–H and O–H groups in total. The number of methoxy groups -OCH3 is 1. The van der Waals surface area contributed by atoms with Gasteiger partial charge in [0.25, 0.3) is 10.0 Å². The van der Waals surface area contributed by atoms with Crippen molar-refractivity contribution in [3.63, 3.8) is 0 Å². The van der Waals surface area contributed by atoms with E-state index in [9.17, 15) is 13.2 Å². The summed E-state index contributed by atoms with van der Waals surface area (Å²) in [5.41, 5.74) is 0.137. The summed E-state index contributed by atoms with van der Waals surface area (Å²) >= 11 is 0. The Kier molecular flexibility index (Phi) is 2.08. The Morgan fingerprint density at radius 1 is 1.33 bits per heavy atom. The number of hydrogen-bond donors (Lipinski definition) is 0. The zero-order valence-corrected chi connectivity index (χ0v) is 8.61. The Bertz CT molecular complexity index is 559. The van der Waals surface area contributed by atoms with Crippen LogP contribution >= 0.6 is 0 Å². The first-order valence-electron chi connectivity index (χ1n) is 4.09. The Morgan fingerprint density at radius 2 is 2.00 bits per heavy atom. The standard InChI is InChI=1S/C9H7NO4S/c1-14-9(11)8-6-4-2-3-5-7(6)15(12,13)10-8/h2-5H,1H3. The molecular formula is C9H7NO4S. The molecule has 0 unspecified atom stereocenters. The van der Waals surface area contributed by atoms with Gasteiger partial charge in [0.2, 0.25) is 0 Å². The van der Waals surface area contributed by atoms with E-state index in [1.165, 1.54) is 19.2 Å². The summed E-state index contributed by atoms with van der Waals surface area (Å²) in [6.45, 7) is 0. The van der Waals surface area contributed by atoms with E-state index < -0.39 is 16.0 Å². The average Bonchev–Trinajstić information content (AvgIpc) is 2.51. The van der Waals surface area contributed by atoms with Crippen LogP contribution in [0.15, 0.2) is 33.6 Å². The summed E-state index contributed by atoms with van der Waals surface area (Å²) in [5.74, 6) is -0.747. The topological polar surface area (TPSA) is 72.8 Å². The Labute approximate surface area is 86.5 Å². The van der Waals surface area contributed by atoms with E-state index >= 15 is 0 Å². The second-order valence-corrected chi connectivity index (χ2v) is 4.48. The van der Waals surface area contributed by atoms with Gasteiger partial charge in [0.05, 0.1) is 12.0 Å². The minimum absolute atomic E-state index is 0.0467. The van der Waals surface area contributed by atoms with Crippen LogP contribution in [0.25, 0.3) is 0 Å². The third-order valence-electron chi connectivity index (χ3n) is 2.01. The molecule has 1 heterocycles. The first-order chi connectivity index (χ1) is 7.06. The number of ether oxygens (including phenoxy) is 1. The summed E-state index contributed by atoms with van der Waals surface area (Å²) in [7, 11) is -2.54. The number of esters is 1. The third-order valence-corrected chi connectivity index (χ3v) is 3.35. The van der Waals surface area contributed by atoms with Crippen molar-refractivity contribution in [3.05, 3.63) is 29.8 Å². The van der Waals surface area contributed by atoms with Crippen LogP contribution in [0, 0.1) is 0 Å². The van der Waals surface area contributed by atoms with Gasteiger partial charge in [-0.3, -0.25) is 0 Å². The molecule has 0 saturated carbocycles. The molecule has 0 aliphatic carbocycles. The van der Waals surface area contributed by atoms with Gasteiger partial charge in [0.1, 0.15) is 0 Å². The second-order valence-electron chi connectivity index (χ2n) is 2.90. The largest absolute Gasteiger partial charge is 0.464 e. The molecule has 0 aromatic heterocycles. The van der Waals surface area contributed by atoms with E-state index in [1.807, 2.05) is 0 Å². The van der Waals surface area contributed by atoms with Gasteiger partial charge >= 0.3 is 5.97 Å². The summed E-state index contributed by atoms with van der Waals surface area (Å²) in [6, 6.07) is 6.14. The van der Waals surface area contributed by atoms with Crippen LogP contribution in [0.1, 0.15) is 5.56 Å². The van der Waals surface area contributed by atoms with Gasteiger partial charge in [-0.05, 0) is 6.07 Å². The lowest BCUT2D eigenvalue weighted by atomic mass is 10.1. The number of carbonyl (C=O) groups is 1. The lowest BCUT2D eigenvalue weighted by Crippen LogP contribution is -2.15. The Balaban J connectivity index is 2.69. The monoisotopic (exact) mass is 225 g/mol. The molecule has 15 heavy (non-hydrogen) atoms. The highest BCUT2D eigenvalue weighted by molar-refractivity contribution is 7.90. The Hall–Kier alpha value is -1.69. The van der Waals surface area contributed by atoms with Crippen LogP contribution in [0.3, 0.4) is 0 Å². The molecule has 0 atom stereocenters. The maximum absolute atomic E-state index is 11.5. The fraction of sp³-hybridized carbons (Fsp3) is 0.111. The summed E-state index contributed by atoms with van der Waals surface area (Å²) in [5, 5.41) is 0. The number of hydrogen-bond acceptors (Lipinski definition) is 4. The smallest absolute Gasteiger partial charge is 0.358 e. The van der Waals surface area contributed by atoms with Crippen molar-refractivity contribution in [3.8, 4) is 0 Å². The molecule has 0 saturated heterocycles. The SMILES string of the molecule is COC(=O)C1=NS(=O)(=O)c2ccccc21. The first kappa shape index (κ1) is 9.85. The molecule has 5 nitrogen and oxygen atoms in total. The van der Waals surface area contributed by atoms with E-state index in [1.54, 1.807) is 12.1 Å². The molecule has 1 aliphatic rings. The van der Waals surface area contributed by atoms with Crippen LogP contribution in [0.2, 0.25) is 0 Å². The molecule has 78 valence electrons. The molecular weight excluding hydrogens is 218 g/mol.